The maximum Gasteiger partial charge on any atom is 0.261 e. The fourth-order valence-electron chi connectivity index (χ4n) is 4.21. The van der Waals surface area contributed by atoms with Gasteiger partial charge in [-0.05, 0) is 54.1 Å². The third-order valence-electron chi connectivity index (χ3n) is 6.16. The standard InChI is InChI=1S/C28H22N4O5/c1-31-14-13-29-25(31)24(33)18-8-10-19(11-9-18)30-26(34)22-15-17(7-12-23(22)37-2)16-32-27(35)20-5-3-4-6-21(20)28(32)36/h3-15H,16H2,1-2H3,(H,30,34). The third kappa shape index (κ3) is 4.38. The lowest BCUT2D eigenvalue weighted by Crippen LogP contribution is -2.29. The van der Waals surface area contributed by atoms with Gasteiger partial charge in [-0.25, -0.2) is 4.98 Å². The number of carbonyl (C=O) groups is 4. The topological polar surface area (TPSA) is 111 Å². The Bertz CT molecular complexity index is 1520. The van der Waals surface area contributed by atoms with Crippen molar-refractivity contribution in [3.63, 3.8) is 0 Å². The van der Waals surface area contributed by atoms with Gasteiger partial charge in [-0.3, -0.25) is 24.1 Å². The van der Waals surface area contributed by atoms with Crippen LogP contribution in [0.25, 0.3) is 0 Å². The third-order valence-corrected chi connectivity index (χ3v) is 6.16. The molecule has 3 amide bonds. The average Bonchev–Trinajstić information content (AvgIpc) is 3.45. The monoisotopic (exact) mass is 494 g/mol. The van der Waals surface area contributed by atoms with Gasteiger partial charge in [0.15, 0.2) is 5.82 Å². The van der Waals surface area contributed by atoms with Gasteiger partial charge in [0.05, 0.1) is 30.3 Å². The Hall–Kier alpha value is -5.05. The highest BCUT2D eigenvalue weighted by molar-refractivity contribution is 6.21. The maximum atomic E-state index is 13.1. The summed E-state index contributed by atoms with van der Waals surface area (Å²) in [5, 5.41) is 2.80. The molecule has 3 aromatic carbocycles. The Labute approximate surface area is 212 Å². The smallest absolute Gasteiger partial charge is 0.261 e. The molecule has 1 N–H and O–H groups in total. The van der Waals surface area contributed by atoms with E-state index < -0.39 is 5.91 Å². The Kier molecular flexibility index (Phi) is 6.10. The van der Waals surface area contributed by atoms with Gasteiger partial charge < -0.3 is 14.6 Å². The lowest BCUT2D eigenvalue weighted by Gasteiger charge is -2.16. The lowest BCUT2D eigenvalue weighted by atomic mass is 10.1. The van der Waals surface area contributed by atoms with Crippen molar-refractivity contribution < 1.29 is 23.9 Å². The van der Waals surface area contributed by atoms with Crippen LogP contribution in [-0.2, 0) is 13.6 Å². The number of hydrogen-bond acceptors (Lipinski definition) is 6. The largest absolute Gasteiger partial charge is 0.496 e. The van der Waals surface area contributed by atoms with Gasteiger partial charge in [0, 0.05) is 30.7 Å². The summed E-state index contributed by atoms with van der Waals surface area (Å²) in [6.07, 6.45) is 3.25. The molecule has 0 spiro atoms. The molecular formula is C28H22N4O5. The van der Waals surface area contributed by atoms with E-state index in [0.29, 0.717) is 39.5 Å². The van der Waals surface area contributed by atoms with E-state index in [2.05, 4.69) is 10.3 Å². The number of anilines is 1. The van der Waals surface area contributed by atoms with E-state index in [1.54, 1.807) is 90.7 Å². The molecule has 9 nitrogen and oxygen atoms in total. The number of imidazole rings is 1. The van der Waals surface area contributed by atoms with E-state index >= 15 is 0 Å². The van der Waals surface area contributed by atoms with Crippen molar-refractivity contribution in [1.29, 1.82) is 0 Å². The van der Waals surface area contributed by atoms with Crippen molar-refractivity contribution in [1.82, 2.24) is 14.5 Å². The molecule has 184 valence electrons. The second kappa shape index (κ2) is 9.54. The number of benzene rings is 3. The highest BCUT2D eigenvalue weighted by Gasteiger charge is 2.35. The molecule has 0 fully saturated rings. The second-order valence-electron chi connectivity index (χ2n) is 8.50. The van der Waals surface area contributed by atoms with Crippen LogP contribution in [0.5, 0.6) is 5.75 Å². The van der Waals surface area contributed by atoms with E-state index in [1.807, 2.05) is 0 Å². The molecule has 5 rings (SSSR count). The van der Waals surface area contributed by atoms with E-state index in [1.165, 1.54) is 7.11 Å². The summed E-state index contributed by atoms with van der Waals surface area (Å²) in [4.78, 5) is 56.4. The fraction of sp³-hybridized carbons (Fsp3) is 0.107. The lowest BCUT2D eigenvalue weighted by molar-refractivity contribution is 0.0642. The zero-order chi connectivity index (χ0) is 26.1. The van der Waals surface area contributed by atoms with Gasteiger partial charge in [0.25, 0.3) is 17.7 Å². The zero-order valence-electron chi connectivity index (χ0n) is 20.1. The summed E-state index contributed by atoms with van der Waals surface area (Å²) in [5.74, 6) is -0.760. The second-order valence-corrected chi connectivity index (χ2v) is 8.50. The van der Waals surface area contributed by atoms with E-state index in [9.17, 15) is 19.2 Å². The zero-order valence-corrected chi connectivity index (χ0v) is 20.1. The number of nitrogens with zero attached hydrogens (tertiary/aromatic N) is 3. The minimum Gasteiger partial charge on any atom is -0.496 e. The predicted molar refractivity (Wildman–Crippen MR) is 135 cm³/mol. The molecule has 9 heteroatoms. The van der Waals surface area contributed by atoms with Crippen LogP contribution in [0, 0.1) is 0 Å². The Morgan fingerprint density at radius 1 is 0.946 bits per heavy atom. The van der Waals surface area contributed by atoms with Crippen molar-refractivity contribution in [3.05, 3.63) is 113 Å². The number of ether oxygens (including phenoxy) is 1. The fourth-order valence-corrected chi connectivity index (χ4v) is 4.21. The van der Waals surface area contributed by atoms with Gasteiger partial charge in [-0.2, -0.15) is 0 Å². The Balaban J connectivity index is 1.33. The van der Waals surface area contributed by atoms with Crippen LogP contribution in [0.3, 0.4) is 0 Å². The first-order chi connectivity index (χ1) is 17.9. The number of nitrogens with one attached hydrogen (secondary N) is 1. The number of carbonyl (C=O) groups excluding carboxylic acids is 4. The van der Waals surface area contributed by atoms with Gasteiger partial charge in [0.1, 0.15) is 5.75 Å². The van der Waals surface area contributed by atoms with Crippen LogP contribution in [0.1, 0.15) is 52.8 Å². The average molecular weight is 495 g/mol. The van der Waals surface area contributed by atoms with Gasteiger partial charge in [0.2, 0.25) is 5.78 Å². The van der Waals surface area contributed by atoms with Crippen LogP contribution in [0.4, 0.5) is 5.69 Å². The summed E-state index contributed by atoms with van der Waals surface area (Å²) in [7, 11) is 3.19. The van der Waals surface area contributed by atoms with Crippen LogP contribution in [0.2, 0.25) is 0 Å². The number of imide groups is 1. The first-order valence-electron chi connectivity index (χ1n) is 11.4. The summed E-state index contributed by atoms with van der Waals surface area (Å²) >= 11 is 0. The highest BCUT2D eigenvalue weighted by atomic mass is 16.5. The molecule has 0 bridgehead atoms. The molecule has 0 saturated carbocycles. The molecule has 0 radical (unpaired) electrons. The molecule has 0 saturated heterocycles. The first kappa shape index (κ1) is 23.7. The normalized spacial score (nSPS) is 12.4. The van der Waals surface area contributed by atoms with Gasteiger partial charge >= 0.3 is 0 Å². The molecule has 0 unspecified atom stereocenters. The Morgan fingerprint density at radius 3 is 2.22 bits per heavy atom. The molecule has 2 heterocycles. The van der Waals surface area contributed by atoms with Crippen LogP contribution >= 0.6 is 0 Å². The number of aryl methyl sites for hydroxylation is 1. The number of rotatable bonds is 7. The molecular weight excluding hydrogens is 472 g/mol. The summed E-state index contributed by atoms with van der Waals surface area (Å²) in [6, 6.07) is 18.1. The number of fused-ring (bicyclic) bond motifs is 1. The number of amides is 3. The molecule has 0 atom stereocenters. The predicted octanol–water partition coefficient (Wildman–Crippen LogP) is 3.71. The molecule has 37 heavy (non-hydrogen) atoms. The van der Waals surface area contributed by atoms with Crippen molar-refractivity contribution in [2.45, 2.75) is 6.54 Å². The van der Waals surface area contributed by atoms with E-state index in [4.69, 9.17) is 4.74 Å². The summed E-state index contributed by atoms with van der Waals surface area (Å²) in [5.41, 5.74) is 2.48. The number of methoxy groups -OCH3 is 1. The van der Waals surface area contributed by atoms with E-state index in [-0.39, 0.29) is 29.7 Å². The summed E-state index contributed by atoms with van der Waals surface area (Å²) in [6.45, 7) is 0.0145. The van der Waals surface area contributed by atoms with Crippen molar-refractivity contribution >= 4 is 29.2 Å². The SMILES string of the molecule is COc1ccc(CN2C(=O)c3ccccc3C2=O)cc1C(=O)Nc1ccc(C(=O)c2nccn2C)cc1. The molecule has 1 aliphatic rings. The van der Waals surface area contributed by atoms with Crippen molar-refractivity contribution in [2.24, 2.45) is 7.05 Å². The maximum absolute atomic E-state index is 13.1. The van der Waals surface area contributed by atoms with Gasteiger partial charge in [-0.1, -0.05) is 18.2 Å². The quantitative estimate of drug-likeness (QED) is 0.310. The molecule has 0 aliphatic carbocycles. The van der Waals surface area contributed by atoms with Crippen molar-refractivity contribution in [3.8, 4) is 5.75 Å². The number of hydrogen-bond donors (Lipinski definition) is 1. The molecule has 1 aliphatic heterocycles. The minimum absolute atomic E-state index is 0.0145. The number of ketones is 1. The first-order valence-corrected chi connectivity index (χ1v) is 11.4. The van der Waals surface area contributed by atoms with Crippen molar-refractivity contribution in [2.75, 3.05) is 12.4 Å². The number of aromatic nitrogens is 2. The minimum atomic E-state index is -0.441. The van der Waals surface area contributed by atoms with E-state index in [0.717, 1.165) is 4.90 Å². The van der Waals surface area contributed by atoms with Gasteiger partial charge in [-0.15, -0.1) is 0 Å². The molecule has 4 aromatic rings. The summed E-state index contributed by atoms with van der Waals surface area (Å²) < 4.78 is 7.00. The van der Waals surface area contributed by atoms with Crippen LogP contribution in [0.15, 0.2) is 79.1 Å². The van der Waals surface area contributed by atoms with Crippen LogP contribution < -0.4 is 10.1 Å². The Morgan fingerprint density at radius 2 is 1.62 bits per heavy atom. The molecule has 1 aromatic heterocycles. The van der Waals surface area contributed by atoms with Crippen LogP contribution in [-0.4, -0.2) is 45.1 Å². The highest BCUT2D eigenvalue weighted by Crippen LogP contribution is 2.27.